The molecule has 0 aliphatic heterocycles. The van der Waals surface area contributed by atoms with Crippen LogP contribution in [0.4, 0.5) is 13.2 Å². The Hall–Kier alpha value is -1.19. The molecule has 2 N–H and O–H groups in total. The molecule has 1 nitrogen and oxygen atoms in total. The van der Waals surface area contributed by atoms with Crippen LogP contribution < -0.4 is 5.73 Å². The summed E-state index contributed by atoms with van der Waals surface area (Å²) in [5.74, 6) is 0. The lowest BCUT2D eigenvalue weighted by Crippen LogP contribution is -2.06. The first-order chi connectivity index (χ1) is 5.87. The minimum Gasteiger partial charge on any atom is -0.399 e. The molecule has 0 radical (unpaired) electrons. The summed E-state index contributed by atoms with van der Waals surface area (Å²) in [6.07, 6.45) is -1.18. The van der Waals surface area contributed by atoms with Crippen LogP contribution in [0.25, 0.3) is 0 Å². The van der Waals surface area contributed by atoms with Crippen LogP contribution in [-0.2, 0) is 0 Å². The van der Waals surface area contributed by atoms with E-state index in [9.17, 15) is 13.2 Å². The summed E-state index contributed by atoms with van der Waals surface area (Å²) in [7, 11) is 0. The van der Waals surface area contributed by atoms with Gasteiger partial charge in [-0.15, -0.1) is 0 Å². The summed E-state index contributed by atoms with van der Waals surface area (Å²) < 4.78 is 35.2. The molecule has 0 amide bonds. The standard InChI is InChI=1S/C9H12F3N/c1-3-4-8(13)7(2)5-6-9(10,11)12/h3-5H,1,6,13H2,2H3/b7-5-,8-4+. The Morgan fingerprint density at radius 2 is 2.00 bits per heavy atom. The quantitative estimate of drug-likeness (QED) is 0.682. The maximum Gasteiger partial charge on any atom is 0.392 e. The zero-order valence-corrected chi connectivity index (χ0v) is 7.36. The van der Waals surface area contributed by atoms with E-state index < -0.39 is 12.6 Å². The highest BCUT2D eigenvalue weighted by Gasteiger charge is 2.25. The van der Waals surface area contributed by atoms with Gasteiger partial charge in [0.25, 0.3) is 0 Å². The Morgan fingerprint density at radius 3 is 2.38 bits per heavy atom. The summed E-state index contributed by atoms with van der Waals surface area (Å²) in [5.41, 5.74) is 6.13. The van der Waals surface area contributed by atoms with E-state index in [0.717, 1.165) is 6.08 Å². The van der Waals surface area contributed by atoms with Gasteiger partial charge in [-0.3, -0.25) is 0 Å². The highest BCUT2D eigenvalue weighted by Crippen LogP contribution is 2.21. The number of nitrogens with two attached hydrogens (primary N) is 1. The summed E-state index contributed by atoms with van der Waals surface area (Å²) in [4.78, 5) is 0. The number of hydrogen-bond acceptors (Lipinski definition) is 1. The predicted octanol–water partition coefficient (Wildman–Crippen LogP) is 2.91. The Morgan fingerprint density at radius 1 is 1.46 bits per heavy atom. The molecule has 0 rings (SSSR count). The maximum absolute atomic E-state index is 11.7. The van der Waals surface area contributed by atoms with Crippen molar-refractivity contribution in [1.82, 2.24) is 0 Å². The second-order valence-electron chi connectivity index (χ2n) is 2.56. The SMILES string of the molecule is C=C/C=C(N)\C(C)=C/CC(F)(F)F. The first-order valence-corrected chi connectivity index (χ1v) is 3.69. The van der Waals surface area contributed by atoms with Gasteiger partial charge in [0.1, 0.15) is 0 Å². The van der Waals surface area contributed by atoms with Crippen molar-refractivity contribution in [3.05, 3.63) is 36.1 Å². The molecule has 0 atom stereocenters. The average Bonchev–Trinajstić information content (AvgIpc) is 1.99. The van der Waals surface area contributed by atoms with Crippen molar-refractivity contribution in [3.8, 4) is 0 Å². The zero-order valence-electron chi connectivity index (χ0n) is 7.36. The van der Waals surface area contributed by atoms with Crippen LogP contribution in [-0.4, -0.2) is 6.18 Å². The van der Waals surface area contributed by atoms with Crippen molar-refractivity contribution in [2.45, 2.75) is 19.5 Å². The second kappa shape index (κ2) is 4.74. The Kier molecular flexibility index (Phi) is 4.31. The third-order valence-electron chi connectivity index (χ3n) is 1.39. The van der Waals surface area contributed by atoms with Gasteiger partial charge >= 0.3 is 6.18 Å². The van der Waals surface area contributed by atoms with Gasteiger partial charge in [-0.2, -0.15) is 13.2 Å². The third-order valence-corrected chi connectivity index (χ3v) is 1.39. The summed E-state index contributed by atoms with van der Waals surface area (Å²) in [6, 6.07) is 0. The van der Waals surface area contributed by atoms with E-state index in [4.69, 9.17) is 5.73 Å². The lowest BCUT2D eigenvalue weighted by atomic mass is 10.2. The van der Waals surface area contributed by atoms with Crippen molar-refractivity contribution in [1.29, 1.82) is 0 Å². The van der Waals surface area contributed by atoms with Crippen LogP contribution in [0.15, 0.2) is 36.1 Å². The van der Waals surface area contributed by atoms with E-state index in [-0.39, 0.29) is 0 Å². The van der Waals surface area contributed by atoms with Crippen molar-refractivity contribution in [2.75, 3.05) is 0 Å². The molecule has 0 spiro atoms. The monoisotopic (exact) mass is 191 g/mol. The van der Waals surface area contributed by atoms with E-state index in [0.29, 0.717) is 11.3 Å². The van der Waals surface area contributed by atoms with Crippen molar-refractivity contribution in [2.24, 2.45) is 5.73 Å². The number of alkyl halides is 3. The van der Waals surface area contributed by atoms with Crippen molar-refractivity contribution in [3.63, 3.8) is 0 Å². The van der Waals surface area contributed by atoms with Crippen LogP contribution in [0, 0.1) is 0 Å². The second-order valence-corrected chi connectivity index (χ2v) is 2.56. The lowest BCUT2D eigenvalue weighted by Gasteiger charge is -2.04. The number of halogens is 3. The lowest BCUT2D eigenvalue weighted by molar-refractivity contribution is -0.125. The molecule has 4 heteroatoms. The molecule has 74 valence electrons. The minimum absolute atomic E-state index is 0.305. The van der Waals surface area contributed by atoms with Crippen LogP contribution >= 0.6 is 0 Å². The molecule has 0 saturated heterocycles. The van der Waals surface area contributed by atoms with Crippen LogP contribution in [0.2, 0.25) is 0 Å². The van der Waals surface area contributed by atoms with Gasteiger partial charge in [-0.25, -0.2) is 0 Å². The molecule has 0 saturated carbocycles. The number of hydrogen-bond donors (Lipinski definition) is 1. The summed E-state index contributed by atoms with van der Waals surface area (Å²) in [6.45, 7) is 4.91. The molecule has 0 aromatic carbocycles. The van der Waals surface area contributed by atoms with Gasteiger partial charge < -0.3 is 5.73 Å². The van der Waals surface area contributed by atoms with E-state index in [1.165, 1.54) is 19.1 Å². The Bertz CT molecular complexity index is 236. The van der Waals surface area contributed by atoms with Gasteiger partial charge in [-0.05, 0) is 18.6 Å². The highest BCUT2D eigenvalue weighted by atomic mass is 19.4. The van der Waals surface area contributed by atoms with Gasteiger partial charge in [-0.1, -0.05) is 18.7 Å². The van der Waals surface area contributed by atoms with Crippen LogP contribution in [0.1, 0.15) is 13.3 Å². The van der Waals surface area contributed by atoms with Gasteiger partial charge in [0, 0.05) is 5.70 Å². The molecule has 0 aromatic rings. The Balaban J connectivity index is 4.34. The maximum atomic E-state index is 11.7. The summed E-state index contributed by atoms with van der Waals surface area (Å²) in [5, 5.41) is 0. The number of allylic oxidation sites excluding steroid dienone is 4. The van der Waals surface area contributed by atoms with Gasteiger partial charge in [0.2, 0.25) is 0 Å². The Labute approximate surface area is 75.4 Å². The van der Waals surface area contributed by atoms with E-state index in [1.54, 1.807) is 0 Å². The van der Waals surface area contributed by atoms with Crippen LogP contribution in [0.5, 0.6) is 0 Å². The van der Waals surface area contributed by atoms with Crippen molar-refractivity contribution >= 4 is 0 Å². The first kappa shape index (κ1) is 11.8. The van der Waals surface area contributed by atoms with Gasteiger partial charge in [0.05, 0.1) is 6.42 Å². The van der Waals surface area contributed by atoms with E-state index in [2.05, 4.69) is 6.58 Å². The molecule has 0 heterocycles. The van der Waals surface area contributed by atoms with Gasteiger partial charge in [0.15, 0.2) is 0 Å². The van der Waals surface area contributed by atoms with Crippen molar-refractivity contribution < 1.29 is 13.2 Å². The fourth-order valence-electron chi connectivity index (χ4n) is 0.645. The van der Waals surface area contributed by atoms with E-state index in [1.807, 2.05) is 0 Å². The molecule has 0 unspecified atom stereocenters. The first-order valence-electron chi connectivity index (χ1n) is 3.69. The fourth-order valence-corrected chi connectivity index (χ4v) is 0.645. The normalized spacial score (nSPS) is 14.5. The smallest absolute Gasteiger partial charge is 0.392 e. The highest BCUT2D eigenvalue weighted by molar-refractivity contribution is 5.28. The summed E-state index contributed by atoms with van der Waals surface area (Å²) >= 11 is 0. The predicted molar refractivity (Wildman–Crippen MR) is 46.9 cm³/mol. The van der Waals surface area contributed by atoms with Crippen LogP contribution in [0.3, 0.4) is 0 Å². The molecule has 13 heavy (non-hydrogen) atoms. The molecule has 0 aliphatic rings. The zero-order chi connectivity index (χ0) is 10.5. The average molecular weight is 191 g/mol. The van der Waals surface area contributed by atoms with E-state index >= 15 is 0 Å². The third kappa shape index (κ3) is 6.02. The minimum atomic E-state index is -4.17. The fraction of sp³-hybridized carbons (Fsp3) is 0.333. The molecule has 0 bridgehead atoms. The topological polar surface area (TPSA) is 26.0 Å². The number of rotatable bonds is 3. The molecule has 0 fully saturated rings. The molecule has 0 aliphatic carbocycles. The largest absolute Gasteiger partial charge is 0.399 e. The molecular weight excluding hydrogens is 179 g/mol. The molecule has 0 aromatic heterocycles. The molecular formula is C9H12F3N.